The monoisotopic (exact) mass is 579 g/mol. The van der Waals surface area contributed by atoms with Crippen LogP contribution in [-0.2, 0) is 19.1 Å². The summed E-state index contributed by atoms with van der Waals surface area (Å²) < 4.78 is 5.83. The zero-order chi connectivity index (χ0) is 30.2. The van der Waals surface area contributed by atoms with Crippen LogP contribution in [0.25, 0.3) is 0 Å². The SMILES string of the molecule is CCCCCCCCC/C=C\CCCCCCCCCC(=O)OC(CCCCC)CCCCCC(=O)NCC(=O)O. The summed E-state index contributed by atoms with van der Waals surface area (Å²) in [4.78, 5) is 34.6. The minimum atomic E-state index is -1.03. The summed E-state index contributed by atoms with van der Waals surface area (Å²) in [5, 5.41) is 11.0. The molecular formula is C35H65NO5. The molecule has 1 unspecified atom stereocenters. The number of hydrogen-bond donors (Lipinski definition) is 2. The van der Waals surface area contributed by atoms with Crippen molar-refractivity contribution in [1.29, 1.82) is 0 Å². The van der Waals surface area contributed by atoms with Crippen LogP contribution in [0.3, 0.4) is 0 Å². The van der Waals surface area contributed by atoms with Crippen molar-refractivity contribution in [3.8, 4) is 0 Å². The lowest BCUT2D eigenvalue weighted by molar-refractivity contribution is -0.150. The van der Waals surface area contributed by atoms with Crippen LogP contribution >= 0.6 is 0 Å². The summed E-state index contributed by atoms with van der Waals surface area (Å²) in [6.07, 6.45) is 33.6. The highest BCUT2D eigenvalue weighted by Crippen LogP contribution is 2.17. The van der Waals surface area contributed by atoms with Crippen molar-refractivity contribution in [2.45, 2.75) is 187 Å². The Morgan fingerprint density at radius 3 is 1.61 bits per heavy atom. The van der Waals surface area contributed by atoms with Crippen molar-refractivity contribution in [1.82, 2.24) is 5.32 Å². The normalized spacial score (nSPS) is 12.0. The smallest absolute Gasteiger partial charge is 0.322 e. The third-order valence-electron chi connectivity index (χ3n) is 7.69. The second-order valence-electron chi connectivity index (χ2n) is 11.8. The van der Waals surface area contributed by atoms with Gasteiger partial charge in [-0.25, -0.2) is 0 Å². The number of carbonyl (C=O) groups excluding carboxylic acids is 2. The molecule has 6 nitrogen and oxygen atoms in total. The fourth-order valence-corrected chi connectivity index (χ4v) is 5.10. The lowest BCUT2D eigenvalue weighted by atomic mass is 10.0. The molecule has 0 saturated heterocycles. The molecule has 0 fully saturated rings. The van der Waals surface area contributed by atoms with Crippen LogP contribution in [0, 0.1) is 0 Å². The van der Waals surface area contributed by atoms with Gasteiger partial charge in [-0.15, -0.1) is 0 Å². The largest absolute Gasteiger partial charge is 0.480 e. The van der Waals surface area contributed by atoms with Gasteiger partial charge in [0.15, 0.2) is 0 Å². The van der Waals surface area contributed by atoms with E-state index >= 15 is 0 Å². The molecule has 0 aliphatic carbocycles. The minimum Gasteiger partial charge on any atom is -0.480 e. The summed E-state index contributed by atoms with van der Waals surface area (Å²) in [6.45, 7) is 4.12. The predicted molar refractivity (Wildman–Crippen MR) is 171 cm³/mol. The summed E-state index contributed by atoms with van der Waals surface area (Å²) in [7, 11) is 0. The maximum absolute atomic E-state index is 12.4. The number of hydrogen-bond acceptors (Lipinski definition) is 4. The van der Waals surface area contributed by atoms with Crippen LogP contribution < -0.4 is 5.32 Å². The molecule has 0 saturated carbocycles. The molecule has 0 aliphatic rings. The molecule has 240 valence electrons. The van der Waals surface area contributed by atoms with Gasteiger partial charge in [0.05, 0.1) is 0 Å². The number of esters is 1. The Hall–Kier alpha value is -1.85. The molecule has 0 bridgehead atoms. The summed E-state index contributed by atoms with van der Waals surface area (Å²) in [5.74, 6) is -1.32. The number of unbranched alkanes of at least 4 members (excludes halogenated alkanes) is 18. The number of carboxylic acid groups (broad SMARTS) is 1. The topological polar surface area (TPSA) is 92.7 Å². The van der Waals surface area contributed by atoms with Gasteiger partial charge in [-0.3, -0.25) is 14.4 Å². The highest BCUT2D eigenvalue weighted by Gasteiger charge is 2.14. The van der Waals surface area contributed by atoms with E-state index < -0.39 is 5.97 Å². The van der Waals surface area contributed by atoms with Gasteiger partial charge in [-0.2, -0.15) is 0 Å². The quantitative estimate of drug-likeness (QED) is 0.0484. The van der Waals surface area contributed by atoms with Crippen LogP contribution in [0.4, 0.5) is 0 Å². The second kappa shape index (κ2) is 31.1. The van der Waals surface area contributed by atoms with E-state index in [-0.39, 0.29) is 24.5 Å². The van der Waals surface area contributed by atoms with Gasteiger partial charge < -0.3 is 15.2 Å². The van der Waals surface area contributed by atoms with Crippen molar-refractivity contribution in [3.63, 3.8) is 0 Å². The number of carboxylic acids is 1. The molecule has 0 aromatic rings. The van der Waals surface area contributed by atoms with E-state index in [1.165, 1.54) is 89.9 Å². The number of rotatable bonds is 31. The fraction of sp³-hybridized carbons (Fsp3) is 0.857. The summed E-state index contributed by atoms with van der Waals surface area (Å²) in [5.41, 5.74) is 0. The lowest BCUT2D eigenvalue weighted by Gasteiger charge is -2.18. The van der Waals surface area contributed by atoms with Gasteiger partial charge >= 0.3 is 11.9 Å². The molecule has 1 atom stereocenters. The van der Waals surface area contributed by atoms with Crippen LogP contribution in [0.15, 0.2) is 12.2 Å². The second-order valence-corrected chi connectivity index (χ2v) is 11.8. The van der Waals surface area contributed by atoms with Crippen LogP contribution in [0.5, 0.6) is 0 Å². The first-order chi connectivity index (χ1) is 20.0. The Labute approximate surface area is 252 Å². The van der Waals surface area contributed by atoms with E-state index in [1.54, 1.807) is 0 Å². The van der Waals surface area contributed by atoms with Crippen molar-refractivity contribution in [3.05, 3.63) is 12.2 Å². The van der Waals surface area contributed by atoms with Crippen molar-refractivity contribution in [2.24, 2.45) is 0 Å². The van der Waals surface area contributed by atoms with Gasteiger partial charge in [-0.1, -0.05) is 116 Å². The Bertz CT molecular complexity index is 648. The van der Waals surface area contributed by atoms with Crippen molar-refractivity contribution in [2.75, 3.05) is 6.54 Å². The summed E-state index contributed by atoms with van der Waals surface area (Å²) >= 11 is 0. The standard InChI is InChI=1S/C35H65NO5/c1-3-5-7-8-9-10-11-12-13-14-15-16-17-18-19-20-21-26-30-35(40)41-32(27-23-6-4-2)28-24-22-25-29-33(37)36-31-34(38)39/h13-14,32H,3-12,15-31H2,1-2H3,(H,36,37)(H,38,39)/b14-13-. The third-order valence-corrected chi connectivity index (χ3v) is 7.69. The molecule has 0 aromatic carbocycles. The molecule has 2 N–H and O–H groups in total. The number of allylic oxidation sites excluding steroid dienone is 2. The highest BCUT2D eigenvalue weighted by molar-refractivity contribution is 5.80. The molecule has 0 radical (unpaired) electrons. The van der Waals surface area contributed by atoms with Gasteiger partial charge in [0.25, 0.3) is 0 Å². The van der Waals surface area contributed by atoms with Gasteiger partial charge in [0.2, 0.25) is 5.91 Å². The maximum atomic E-state index is 12.4. The minimum absolute atomic E-state index is 0.0283. The first-order valence-corrected chi connectivity index (χ1v) is 17.3. The van der Waals surface area contributed by atoms with E-state index in [0.29, 0.717) is 12.8 Å². The molecular weight excluding hydrogens is 514 g/mol. The lowest BCUT2D eigenvalue weighted by Crippen LogP contribution is -2.28. The molecule has 6 heteroatoms. The molecule has 0 rings (SSSR count). The molecule has 1 amide bonds. The van der Waals surface area contributed by atoms with Gasteiger partial charge in [-0.05, 0) is 64.2 Å². The van der Waals surface area contributed by atoms with Crippen LogP contribution in [0.2, 0.25) is 0 Å². The average molecular weight is 580 g/mol. The third kappa shape index (κ3) is 30.9. The van der Waals surface area contributed by atoms with E-state index in [0.717, 1.165) is 64.2 Å². The molecule has 0 heterocycles. The van der Waals surface area contributed by atoms with Crippen molar-refractivity contribution < 1.29 is 24.2 Å². The molecule has 0 spiro atoms. The number of ether oxygens (including phenoxy) is 1. The number of aliphatic carboxylic acids is 1. The summed E-state index contributed by atoms with van der Waals surface area (Å²) in [6, 6.07) is 0. The molecule has 0 aliphatic heterocycles. The Morgan fingerprint density at radius 2 is 1.05 bits per heavy atom. The maximum Gasteiger partial charge on any atom is 0.322 e. The average Bonchev–Trinajstić information content (AvgIpc) is 2.95. The molecule has 41 heavy (non-hydrogen) atoms. The zero-order valence-corrected chi connectivity index (χ0v) is 26.9. The Balaban J connectivity index is 3.76. The zero-order valence-electron chi connectivity index (χ0n) is 26.9. The highest BCUT2D eigenvalue weighted by atomic mass is 16.5. The first kappa shape index (κ1) is 39.1. The van der Waals surface area contributed by atoms with E-state index in [4.69, 9.17) is 9.84 Å². The first-order valence-electron chi connectivity index (χ1n) is 17.3. The number of amides is 1. The number of carbonyl (C=O) groups is 3. The molecule has 0 aromatic heterocycles. The van der Waals surface area contributed by atoms with E-state index in [2.05, 4.69) is 31.3 Å². The van der Waals surface area contributed by atoms with Gasteiger partial charge in [0, 0.05) is 12.8 Å². The fourth-order valence-electron chi connectivity index (χ4n) is 5.10. The van der Waals surface area contributed by atoms with E-state index in [1.807, 2.05) is 0 Å². The number of nitrogens with one attached hydrogen (secondary N) is 1. The Morgan fingerprint density at radius 1 is 0.610 bits per heavy atom. The predicted octanol–water partition coefficient (Wildman–Crippen LogP) is 9.84. The van der Waals surface area contributed by atoms with Crippen LogP contribution in [0.1, 0.15) is 181 Å². The Kier molecular flexibility index (Phi) is 29.7. The van der Waals surface area contributed by atoms with Crippen LogP contribution in [-0.4, -0.2) is 35.6 Å². The van der Waals surface area contributed by atoms with E-state index in [9.17, 15) is 14.4 Å². The van der Waals surface area contributed by atoms with Crippen molar-refractivity contribution >= 4 is 17.8 Å². The van der Waals surface area contributed by atoms with Gasteiger partial charge in [0.1, 0.15) is 12.6 Å².